The van der Waals surface area contributed by atoms with Crippen molar-refractivity contribution in [1.29, 1.82) is 0 Å². The predicted octanol–water partition coefficient (Wildman–Crippen LogP) is 2.03. The molecular formula is C13H15ClN4O3. The van der Waals surface area contributed by atoms with Crippen LogP contribution in [-0.2, 0) is 0 Å². The van der Waals surface area contributed by atoms with Crippen molar-refractivity contribution < 1.29 is 9.21 Å². The number of aromatic nitrogens is 3. The van der Waals surface area contributed by atoms with Crippen LogP contribution in [0.2, 0.25) is 5.02 Å². The Kier molecular flexibility index (Phi) is 4.42. The third-order valence-corrected chi connectivity index (χ3v) is 3.07. The van der Waals surface area contributed by atoms with Gasteiger partial charge < -0.3 is 14.7 Å². The van der Waals surface area contributed by atoms with Gasteiger partial charge in [-0.25, -0.2) is 0 Å². The molecule has 2 N–H and O–H groups in total. The van der Waals surface area contributed by atoms with Crippen LogP contribution < -0.4 is 10.9 Å². The molecule has 0 fully saturated rings. The van der Waals surface area contributed by atoms with Crippen LogP contribution in [0.3, 0.4) is 0 Å². The number of aromatic amines is 1. The summed E-state index contributed by atoms with van der Waals surface area (Å²) in [5.74, 6) is 0.554. The quantitative estimate of drug-likeness (QED) is 0.899. The zero-order chi connectivity index (χ0) is 15.6. The minimum atomic E-state index is -0.455. The summed E-state index contributed by atoms with van der Waals surface area (Å²) in [6, 6.07) is 0.846. The van der Waals surface area contributed by atoms with E-state index >= 15 is 0 Å². The summed E-state index contributed by atoms with van der Waals surface area (Å²) in [7, 11) is 0. The normalized spacial score (nSPS) is 12.4. The van der Waals surface area contributed by atoms with Crippen LogP contribution in [0.25, 0.3) is 0 Å². The average Bonchev–Trinajstić information content (AvgIpc) is 2.91. The molecule has 7 nitrogen and oxygen atoms in total. The highest BCUT2D eigenvalue weighted by Crippen LogP contribution is 2.17. The number of nitrogens with one attached hydrogen (secondary N) is 2. The molecule has 0 aromatic carbocycles. The van der Waals surface area contributed by atoms with Gasteiger partial charge in [0, 0.05) is 12.1 Å². The van der Waals surface area contributed by atoms with Gasteiger partial charge in [0.1, 0.15) is 11.1 Å². The molecule has 1 atom stereocenters. The Bertz CT molecular complexity index is 707. The lowest BCUT2D eigenvalue weighted by Gasteiger charge is -2.10. The summed E-state index contributed by atoms with van der Waals surface area (Å²) in [6.07, 6.45) is 1.30. The van der Waals surface area contributed by atoms with Crippen molar-refractivity contribution in [3.8, 4) is 0 Å². The Morgan fingerprint density at radius 1 is 1.33 bits per heavy atom. The first kappa shape index (κ1) is 15.2. The molecule has 0 bridgehead atoms. The van der Waals surface area contributed by atoms with Gasteiger partial charge in [-0.05, 0) is 13.0 Å². The Hall–Kier alpha value is -2.15. The second-order valence-corrected chi connectivity index (χ2v) is 5.30. The summed E-state index contributed by atoms with van der Waals surface area (Å²) in [4.78, 5) is 25.6. The van der Waals surface area contributed by atoms with E-state index in [1.807, 2.05) is 13.8 Å². The number of carbonyl (C=O) groups excluding carboxylic acids is 1. The van der Waals surface area contributed by atoms with E-state index in [0.717, 1.165) is 0 Å². The zero-order valence-corrected chi connectivity index (χ0v) is 12.6. The fraction of sp³-hybridized carbons (Fsp3) is 0.385. The van der Waals surface area contributed by atoms with Crippen LogP contribution in [0.1, 0.15) is 54.9 Å². The highest BCUT2D eigenvalue weighted by molar-refractivity contribution is 6.30. The topological polar surface area (TPSA) is 101 Å². The minimum Gasteiger partial charge on any atom is -0.423 e. The van der Waals surface area contributed by atoms with E-state index in [1.165, 1.54) is 12.3 Å². The van der Waals surface area contributed by atoms with Crippen molar-refractivity contribution in [2.45, 2.75) is 32.7 Å². The van der Waals surface area contributed by atoms with E-state index in [9.17, 15) is 9.59 Å². The number of H-pyrrole nitrogens is 1. The summed E-state index contributed by atoms with van der Waals surface area (Å²) >= 11 is 5.69. The van der Waals surface area contributed by atoms with Crippen molar-refractivity contribution in [2.24, 2.45) is 0 Å². The lowest BCUT2D eigenvalue weighted by atomic mass is 10.2. The van der Waals surface area contributed by atoms with Gasteiger partial charge in [-0.3, -0.25) is 9.59 Å². The van der Waals surface area contributed by atoms with E-state index in [4.69, 9.17) is 16.0 Å². The van der Waals surface area contributed by atoms with Gasteiger partial charge in [-0.1, -0.05) is 25.4 Å². The van der Waals surface area contributed by atoms with Gasteiger partial charge in [-0.2, -0.15) is 0 Å². The molecule has 21 heavy (non-hydrogen) atoms. The van der Waals surface area contributed by atoms with Gasteiger partial charge >= 0.3 is 0 Å². The third kappa shape index (κ3) is 3.49. The molecule has 0 saturated carbocycles. The monoisotopic (exact) mass is 310 g/mol. The number of hydrogen-bond acceptors (Lipinski definition) is 5. The number of pyridine rings is 1. The molecule has 112 valence electrons. The molecule has 2 aromatic rings. The van der Waals surface area contributed by atoms with E-state index < -0.39 is 17.5 Å². The van der Waals surface area contributed by atoms with Gasteiger partial charge in [0.25, 0.3) is 11.5 Å². The Labute approximate surface area is 125 Å². The lowest BCUT2D eigenvalue weighted by molar-refractivity contribution is 0.0933. The predicted molar refractivity (Wildman–Crippen MR) is 76.3 cm³/mol. The molecule has 0 saturated heterocycles. The molecule has 2 aromatic heterocycles. The highest BCUT2D eigenvalue weighted by atomic mass is 35.5. The van der Waals surface area contributed by atoms with E-state index in [-0.39, 0.29) is 16.5 Å². The molecular weight excluding hydrogens is 296 g/mol. The molecule has 0 aliphatic heterocycles. The number of rotatable bonds is 4. The van der Waals surface area contributed by atoms with Crippen molar-refractivity contribution >= 4 is 17.5 Å². The van der Waals surface area contributed by atoms with Gasteiger partial charge in [0.05, 0.1) is 5.56 Å². The summed E-state index contributed by atoms with van der Waals surface area (Å²) in [6.45, 7) is 5.59. The SMILES string of the molecule is CC(C)c1nnc([C@@H](C)NC(=O)c2c[nH]c(=O)c(Cl)c2)o1. The first-order valence-corrected chi connectivity index (χ1v) is 6.78. The largest absolute Gasteiger partial charge is 0.423 e. The number of carbonyl (C=O) groups is 1. The Morgan fingerprint density at radius 2 is 2.00 bits per heavy atom. The van der Waals surface area contributed by atoms with Gasteiger partial charge in [-0.15, -0.1) is 10.2 Å². The molecule has 0 aliphatic carbocycles. The molecule has 8 heteroatoms. The fourth-order valence-electron chi connectivity index (χ4n) is 1.58. The van der Waals surface area contributed by atoms with Crippen molar-refractivity contribution in [3.63, 3.8) is 0 Å². The first-order valence-electron chi connectivity index (χ1n) is 6.41. The first-order chi connectivity index (χ1) is 9.88. The Morgan fingerprint density at radius 3 is 2.57 bits per heavy atom. The smallest absolute Gasteiger partial charge is 0.266 e. The van der Waals surface area contributed by atoms with Crippen LogP contribution in [0.4, 0.5) is 0 Å². The van der Waals surface area contributed by atoms with Gasteiger partial charge in [0.15, 0.2) is 0 Å². The fourth-order valence-corrected chi connectivity index (χ4v) is 1.76. The maximum atomic E-state index is 12.1. The summed E-state index contributed by atoms with van der Waals surface area (Å²) in [5.41, 5.74) is -0.199. The third-order valence-electron chi connectivity index (χ3n) is 2.79. The minimum absolute atomic E-state index is 0.0461. The standard InChI is InChI=1S/C13H15ClN4O3/c1-6(2)12-17-18-13(21-12)7(3)16-10(19)8-4-9(14)11(20)15-5-8/h4-7H,1-3H3,(H,15,20)(H,16,19)/t7-/m1/s1. The molecule has 0 aliphatic rings. The average molecular weight is 311 g/mol. The Balaban J connectivity index is 2.10. The molecule has 2 heterocycles. The number of nitrogens with zero attached hydrogens (tertiary/aromatic N) is 2. The number of hydrogen-bond donors (Lipinski definition) is 2. The summed E-state index contributed by atoms with van der Waals surface area (Å²) < 4.78 is 5.47. The van der Waals surface area contributed by atoms with Crippen molar-refractivity contribution in [1.82, 2.24) is 20.5 Å². The maximum absolute atomic E-state index is 12.1. The van der Waals surface area contributed by atoms with Crippen LogP contribution >= 0.6 is 11.6 Å². The summed E-state index contributed by atoms with van der Waals surface area (Å²) in [5, 5.41) is 10.5. The van der Waals surface area contributed by atoms with Crippen LogP contribution in [0, 0.1) is 0 Å². The zero-order valence-electron chi connectivity index (χ0n) is 11.8. The number of halogens is 1. The molecule has 1 amide bonds. The molecule has 0 unspecified atom stereocenters. The second-order valence-electron chi connectivity index (χ2n) is 4.89. The highest BCUT2D eigenvalue weighted by Gasteiger charge is 2.18. The molecule has 2 rings (SSSR count). The van der Waals surface area contributed by atoms with E-state index in [2.05, 4.69) is 20.5 Å². The molecule has 0 spiro atoms. The second kappa shape index (κ2) is 6.09. The van der Waals surface area contributed by atoms with Crippen molar-refractivity contribution in [2.75, 3.05) is 0 Å². The van der Waals surface area contributed by atoms with Crippen LogP contribution in [0.5, 0.6) is 0 Å². The van der Waals surface area contributed by atoms with Gasteiger partial charge in [0.2, 0.25) is 11.8 Å². The lowest BCUT2D eigenvalue weighted by Crippen LogP contribution is -2.27. The van der Waals surface area contributed by atoms with Crippen molar-refractivity contribution in [3.05, 3.63) is 45.0 Å². The maximum Gasteiger partial charge on any atom is 0.266 e. The van der Waals surface area contributed by atoms with E-state index in [1.54, 1.807) is 6.92 Å². The molecule has 0 radical (unpaired) electrons. The number of amides is 1. The van der Waals surface area contributed by atoms with E-state index in [0.29, 0.717) is 11.8 Å². The van der Waals surface area contributed by atoms with Crippen LogP contribution in [-0.4, -0.2) is 21.1 Å². The van der Waals surface area contributed by atoms with Crippen LogP contribution in [0.15, 0.2) is 21.5 Å².